The summed E-state index contributed by atoms with van der Waals surface area (Å²) in [6.45, 7) is 1.49. The molecule has 4 heterocycles. The Morgan fingerprint density at radius 2 is 1.91 bits per heavy atom. The van der Waals surface area contributed by atoms with Crippen molar-refractivity contribution < 1.29 is 22.4 Å². The molecule has 1 amide bonds. The number of hydrogen-bond donors (Lipinski definition) is 1. The molecular weight excluding hydrogens is 470 g/mol. The normalized spacial score (nSPS) is 19.1. The van der Waals surface area contributed by atoms with E-state index in [2.05, 4.69) is 10.3 Å². The highest BCUT2D eigenvalue weighted by Gasteiger charge is 2.26. The number of amides is 1. The van der Waals surface area contributed by atoms with E-state index in [1.807, 2.05) is 0 Å². The van der Waals surface area contributed by atoms with Crippen molar-refractivity contribution in [2.45, 2.75) is 4.90 Å². The van der Waals surface area contributed by atoms with Gasteiger partial charge in [0.25, 0.3) is 5.91 Å². The van der Waals surface area contributed by atoms with Crippen LogP contribution in [0.5, 0.6) is 0 Å². The zero-order valence-corrected chi connectivity index (χ0v) is 19.1. The highest BCUT2D eigenvalue weighted by Crippen LogP contribution is 2.33. The molecule has 0 bridgehead atoms. The summed E-state index contributed by atoms with van der Waals surface area (Å²) in [7, 11) is -3.57. The van der Waals surface area contributed by atoms with Crippen LogP contribution in [0.1, 0.15) is 5.76 Å². The molecule has 2 aliphatic rings. The predicted molar refractivity (Wildman–Crippen MR) is 125 cm³/mol. The van der Waals surface area contributed by atoms with Crippen LogP contribution < -0.4 is 5.32 Å². The number of hydrogen-bond acceptors (Lipinski definition) is 8. The van der Waals surface area contributed by atoms with Crippen LogP contribution in [0.2, 0.25) is 0 Å². The Bertz CT molecular complexity index is 1360. The number of pyridine rings is 1. The summed E-state index contributed by atoms with van der Waals surface area (Å²) in [5, 5.41) is 3.34. The van der Waals surface area contributed by atoms with Gasteiger partial charge in [0.2, 0.25) is 10.0 Å². The first-order valence-electron chi connectivity index (χ1n) is 9.72. The summed E-state index contributed by atoms with van der Waals surface area (Å²) >= 11 is 6.20. The molecule has 5 rings (SSSR count). The summed E-state index contributed by atoms with van der Waals surface area (Å²) < 4.78 is 38.8. The Morgan fingerprint density at radius 3 is 2.59 bits per heavy atom. The molecule has 0 spiro atoms. The van der Waals surface area contributed by atoms with Crippen LogP contribution in [0.3, 0.4) is 0 Å². The number of carbonyl (C=O) groups is 1. The van der Waals surface area contributed by atoms with Crippen LogP contribution in [0.25, 0.3) is 28.2 Å². The molecule has 0 saturated carbocycles. The lowest BCUT2D eigenvalue weighted by atomic mass is 10.1. The van der Waals surface area contributed by atoms with Gasteiger partial charge in [0.1, 0.15) is 15.7 Å². The van der Waals surface area contributed by atoms with E-state index in [1.165, 1.54) is 16.1 Å². The maximum atomic E-state index is 12.9. The second-order valence-electron chi connectivity index (χ2n) is 7.15. The van der Waals surface area contributed by atoms with Crippen molar-refractivity contribution in [1.82, 2.24) is 14.6 Å². The number of benzene rings is 1. The molecule has 0 radical (unpaired) electrons. The first kappa shape index (κ1) is 21.3. The SMILES string of the molecule is O=C1NC(=S)SC1=Cc1cc2cncc(-c3ccc(S(=O)(=O)N4CCOCC4)cc3)c2o1. The summed E-state index contributed by atoms with van der Waals surface area (Å²) in [5.74, 6) is 0.249. The maximum absolute atomic E-state index is 12.9. The molecule has 32 heavy (non-hydrogen) atoms. The van der Waals surface area contributed by atoms with Crippen molar-refractivity contribution in [2.75, 3.05) is 26.3 Å². The van der Waals surface area contributed by atoms with Gasteiger partial charge in [-0.1, -0.05) is 36.1 Å². The average Bonchev–Trinajstić information content (AvgIpc) is 3.35. The van der Waals surface area contributed by atoms with Gasteiger partial charge >= 0.3 is 0 Å². The van der Waals surface area contributed by atoms with E-state index in [0.717, 1.165) is 16.5 Å². The molecule has 8 nitrogen and oxygen atoms in total. The van der Waals surface area contributed by atoms with Gasteiger partial charge in [0.05, 0.1) is 23.0 Å². The highest BCUT2D eigenvalue weighted by atomic mass is 32.2. The van der Waals surface area contributed by atoms with Gasteiger partial charge in [0, 0.05) is 42.5 Å². The zero-order valence-electron chi connectivity index (χ0n) is 16.6. The molecule has 2 fully saturated rings. The van der Waals surface area contributed by atoms with Crippen LogP contribution in [-0.4, -0.2) is 54.2 Å². The maximum Gasteiger partial charge on any atom is 0.263 e. The number of nitrogens with zero attached hydrogens (tertiary/aromatic N) is 2. The Labute approximate surface area is 193 Å². The minimum absolute atomic E-state index is 0.230. The number of nitrogens with one attached hydrogen (secondary N) is 1. The predicted octanol–water partition coefficient (Wildman–Crippen LogP) is 3.00. The monoisotopic (exact) mass is 487 g/mol. The number of aromatic nitrogens is 1. The van der Waals surface area contributed by atoms with Gasteiger partial charge in [-0.15, -0.1) is 0 Å². The lowest BCUT2D eigenvalue weighted by Crippen LogP contribution is -2.40. The fourth-order valence-electron chi connectivity index (χ4n) is 3.55. The van der Waals surface area contributed by atoms with Gasteiger partial charge in [-0.25, -0.2) is 8.42 Å². The molecule has 2 aromatic heterocycles. The van der Waals surface area contributed by atoms with Crippen molar-refractivity contribution in [3.63, 3.8) is 0 Å². The number of morpholine rings is 1. The lowest BCUT2D eigenvalue weighted by molar-refractivity contribution is -0.115. The molecule has 0 atom stereocenters. The summed E-state index contributed by atoms with van der Waals surface area (Å²) in [6.07, 6.45) is 4.98. The lowest BCUT2D eigenvalue weighted by Gasteiger charge is -2.26. The third-order valence-electron chi connectivity index (χ3n) is 5.13. The molecule has 3 aromatic rings. The fourth-order valence-corrected chi connectivity index (χ4v) is 5.98. The molecule has 1 aromatic carbocycles. The van der Waals surface area contributed by atoms with E-state index in [9.17, 15) is 13.2 Å². The van der Waals surface area contributed by atoms with Crippen molar-refractivity contribution in [3.05, 3.63) is 53.4 Å². The van der Waals surface area contributed by atoms with Crippen LogP contribution in [-0.2, 0) is 19.6 Å². The molecule has 11 heteroatoms. The number of thiocarbonyl (C=S) groups is 1. The topological polar surface area (TPSA) is 102 Å². The van der Waals surface area contributed by atoms with Crippen LogP contribution in [0, 0.1) is 0 Å². The third kappa shape index (κ3) is 3.97. The summed E-state index contributed by atoms with van der Waals surface area (Å²) in [6, 6.07) is 8.45. The Hall–Kier alpha value is -2.57. The van der Waals surface area contributed by atoms with E-state index >= 15 is 0 Å². The van der Waals surface area contributed by atoms with Crippen LogP contribution in [0.4, 0.5) is 0 Å². The van der Waals surface area contributed by atoms with E-state index < -0.39 is 10.0 Å². The summed E-state index contributed by atoms with van der Waals surface area (Å²) in [4.78, 5) is 16.9. The molecule has 1 N–H and O–H groups in total. The van der Waals surface area contributed by atoms with Gasteiger partial charge in [-0.05, 0) is 23.8 Å². The number of furan rings is 1. The van der Waals surface area contributed by atoms with E-state index in [0.29, 0.717) is 46.9 Å². The minimum atomic E-state index is -3.57. The standard InChI is InChI=1S/C21H17N3O5S3/c25-20-18(31-21(30)23-20)10-15-9-14-11-22-12-17(19(14)29-15)13-1-3-16(4-2-13)32(26,27)24-5-7-28-8-6-24/h1-4,9-12H,5-8H2,(H,23,25,30). The Morgan fingerprint density at radius 1 is 1.16 bits per heavy atom. The van der Waals surface area contributed by atoms with Crippen molar-refractivity contribution >= 4 is 61.3 Å². The number of thioether (sulfide) groups is 1. The van der Waals surface area contributed by atoms with E-state index in [1.54, 1.807) is 48.8 Å². The third-order valence-corrected chi connectivity index (χ3v) is 8.21. The van der Waals surface area contributed by atoms with E-state index in [-0.39, 0.29) is 10.8 Å². The Kier molecular flexibility index (Phi) is 5.59. The van der Waals surface area contributed by atoms with Gasteiger partial charge in [0.15, 0.2) is 0 Å². The highest BCUT2D eigenvalue weighted by molar-refractivity contribution is 8.26. The minimum Gasteiger partial charge on any atom is -0.456 e. The Balaban J connectivity index is 1.47. The molecular formula is C21H17N3O5S3. The van der Waals surface area contributed by atoms with Crippen LogP contribution >= 0.6 is 24.0 Å². The quantitative estimate of drug-likeness (QED) is 0.443. The molecule has 164 valence electrons. The van der Waals surface area contributed by atoms with Crippen molar-refractivity contribution in [3.8, 4) is 11.1 Å². The number of sulfonamides is 1. The number of carbonyl (C=O) groups excluding carboxylic acids is 1. The van der Waals surface area contributed by atoms with Gasteiger partial charge in [-0.3, -0.25) is 9.78 Å². The molecule has 2 aliphatic heterocycles. The van der Waals surface area contributed by atoms with Crippen molar-refractivity contribution in [1.29, 1.82) is 0 Å². The second-order valence-corrected chi connectivity index (χ2v) is 10.8. The first-order valence-corrected chi connectivity index (χ1v) is 12.4. The number of fused-ring (bicyclic) bond motifs is 1. The van der Waals surface area contributed by atoms with E-state index in [4.69, 9.17) is 21.4 Å². The molecule has 0 unspecified atom stereocenters. The summed E-state index contributed by atoms with van der Waals surface area (Å²) in [5.41, 5.74) is 2.09. The molecule has 2 saturated heterocycles. The first-order chi connectivity index (χ1) is 15.4. The fraction of sp³-hybridized carbons (Fsp3) is 0.190. The smallest absolute Gasteiger partial charge is 0.263 e. The zero-order chi connectivity index (χ0) is 22.3. The van der Waals surface area contributed by atoms with Gasteiger partial charge < -0.3 is 14.5 Å². The largest absolute Gasteiger partial charge is 0.456 e. The van der Waals surface area contributed by atoms with Crippen molar-refractivity contribution in [2.24, 2.45) is 0 Å². The second kappa shape index (κ2) is 8.41. The number of ether oxygens (including phenoxy) is 1. The van der Waals surface area contributed by atoms with Crippen LogP contribution in [0.15, 0.2) is 56.9 Å². The van der Waals surface area contributed by atoms with Gasteiger partial charge in [-0.2, -0.15) is 4.31 Å². The average molecular weight is 488 g/mol. The number of rotatable bonds is 4. The molecule has 0 aliphatic carbocycles.